The van der Waals surface area contributed by atoms with E-state index in [1.807, 2.05) is 128 Å². The predicted octanol–water partition coefficient (Wildman–Crippen LogP) is 5.49. The van der Waals surface area contributed by atoms with Gasteiger partial charge in [0.15, 0.2) is 6.29 Å². The van der Waals surface area contributed by atoms with Crippen molar-refractivity contribution in [3.63, 3.8) is 0 Å². The fourth-order valence-electron chi connectivity index (χ4n) is 8.99. The van der Waals surface area contributed by atoms with E-state index >= 15 is 0 Å². The zero-order valence-corrected chi connectivity index (χ0v) is 35.0. The molecule has 0 unspecified atom stereocenters. The molecule has 0 spiro atoms. The van der Waals surface area contributed by atoms with Crippen molar-refractivity contribution >= 4 is 5.91 Å². The van der Waals surface area contributed by atoms with Crippen LogP contribution in [0.2, 0.25) is 0 Å². The summed E-state index contributed by atoms with van der Waals surface area (Å²) in [6.07, 6.45) is -6.14. The van der Waals surface area contributed by atoms with Gasteiger partial charge < -0.3 is 53.8 Å². The maximum Gasteiger partial charge on any atom is 0.217 e. The van der Waals surface area contributed by atoms with Crippen molar-refractivity contribution in [1.82, 2.24) is 5.32 Å². The Hall–Kier alpha value is -4.05. The van der Waals surface area contributed by atoms with E-state index in [0.29, 0.717) is 39.3 Å². The zero-order chi connectivity index (χ0) is 42.6. The van der Waals surface area contributed by atoms with E-state index in [1.165, 1.54) is 6.92 Å². The second kappa shape index (κ2) is 22.3. The number of carbonyl (C=O) groups is 1. The van der Waals surface area contributed by atoms with Crippen molar-refractivity contribution in [3.8, 4) is 0 Å². The van der Waals surface area contributed by atoms with Crippen LogP contribution in [-0.4, -0.2) is 102 Å². The van der Waals surface area contributed by atoms with Gasteiger partial charge in [-0.25, -0.2) is 0 Å². The minimum Gasteiger partial charge on any atom is -0.394 e. The summed E-state index contributed by atoms with van der Waals surface area (Å²) in [7, 11) is 0. The Bertz CT molecular complexity index is 1880. The maximum absolute atomic E-state index is 12.7. The SMILES string of the molecule is CC(=O)N[C@H]1[C@@H](OCc2ccccc2)O[C@H](CO)[C@@H](O)[C@@H]1C[C@H]1OCC[C@H](O)[C@@H]1C[C@@H]1O[C@@H](C)[C@@H](OCc2ccccc2)[C@@H](OCc2ccccc2)[C@@H]1OCc1ccccc1. The average Bonchev–Trinajstić information content (AvgIpc) is 3.28. The van der Waals surface area contributed by atoms with Crippen LogP contribution in [0.4, 0.5) is 0 Å². The van der Waals surface area contributed by atoms with Gasteiger partial charge in [0.2, 0.25) is 5.91 Å². The van der Waals surface area contributed by atoms with Crippen LogP contribution in [0.25, 0.3) is 0 Å². The number of nitrogens with one attached hydrogen (secondary N) is 1. The van der Waals surface area contributed by atoms with E-state index in [0.717, 1.165) is 22.3 Å². The second-order valence-corrected chi connectivity index (χ2v) is 16.5. The Balaban J connectivity index is 1.16. The van der Waals surface area contributed by atoms with Crippen LogP contribution in [0.15, 0.2) is 121 Å². The number of hydrogen-bond acceptors (Lipinski definition) is 11. The Morgan fingerprint density at radius 2 is 1.10 bits per heavy atom. The van der Waals surface area contributed by atoms with Crippen molar-refractivity contribution in [1.29, 1.82) is 0 Å². The number of benzene rings is 4. The number of rotatable bonds is 18. The van der Waals surface area contributed by atoms with E-state index in [4.69, 9.17) is 33.2 Å². The van der Waals surface area contributed by atoms with Gasteiger partial charge >= 0.3 is 0 Å². The van der Waals surface area contributed by atoms with Gasteiger partial charge in [0.05, 0.1) is 69.6 Å². The minimum atomic E-state index is -1.17. The van der Waals surface area contributed by atoms with Crippen molar-refractivity contribution in [3.05, 3.63) is 144 Å². The molecule has 3 fully saturated rings. The molecule has 4 aromatic carbocycles. The highest BCUT2D eigenvalue weighted by atomic mass is 16.7. The molecule has 12 heteroatoms. The quantitative estimate of drug-likeness (QED) is 0.101. The molecule has 328 valence electrons. The lowest BCUT2D eigenvalue weighted by molar-refractivity contribution is -0.273. The van der Waals surface area contributed by atoms with Crippen molar-refractivity contribution in [2.24, 2.45) is 11.8 Å². The normalized spacial score (nSPS) is 31.7. The largest absolute Gasteiger partial charge is 0.394 e. The van der Waals surface area contributed by atoms with Crippen LogP contribution in [0.1, 0.15) is 55.4 Å². The summed E-state index contributed by atoms with van der Waals surface area (Å²) in [5.41, 5.74) is 3.92. The molecule has 1 amide bonds. The second-order valence-electron chi connectivity index (χ2n) is 16.5. The Labute approximate surface area is 359 Å². The van der Waals surface area contributed by atoms with Crippen LogP contribution in [0.3, 0.4) is 0 Å². The third-order valence-corrected chi connectivity index (χ3v) is 12.1. The van der Waals surface area contributed by atoms with Gasteiger partial charge in [-0.3, -0.25) is 4.79 Å². The first-order chi connectivity index (χ1) is 29.8. The van der Waals surface area contributed by atoms with Gasteiger partial charge in [0, 0.05) is 25.4 Å². The number of carbonyl (C=O) groups excluding carboxylic acids is 1. The predicted molar refractivity (Wildman–Crippen MR) is 227 cm³/mol. The lowest BCUT2D eigenvalue weighted by Gasteiger charge is -2.49. The Morgan fingerprint density at radius 3 is 1.61 bits per heavy atom. The molecule has 0 saturated carbocycles. The van der Waals surface area contributed by atoms with Crippen LogP contribution in [0.5, 0.6) is 0 Å². The van der Waals surface area contributed by atoms with E-state index in [2.05, 4.69) is 5.32 Å². The molecule has 3 aliphatic heterocycles. The molecule has 3 aliphatic rings. The summed E-state index contributed by atoms with van der Waals surface area (Å²) in [5.74, 6) is -1.45. The minimum absolute atomic E-state index is 0.189. The molecule has 13 atom stereocenters. The molecule has 12 nitrogen and oxygen atoms in total. The van der Waals surface area contributed by atoms with E-state index in [-0.39, 0.29) is 18.9 Å². The fraction of sp³-hybridized carbons (Fsp3) is 0.490. The van der Waals surface area contributed by atoms with Crippen molar-refractivity contribution in [2.45, 2.75) is 127 Å². The molecule has 0 aromatic heterocycles. The third-order valence-electron chi connectivity index (χ3n) is 12.1. The zero-order valence-electron chi connectivity index (χ0n) is 35.0. The summed E-state index contributed by atoms with van der Waals surface area (Å²) in [6.45, 7) is 4.40. The van der Waals surface area contributed by atoms with Gasteiger partial charge in [-0.2, -0.15) is 0 Å². The summed E-state index contributed by atoms with van der Waals surface area (Å²) in [5, 5.41) is 36.9. The molecule has 61 heavy (non-hydrogen) atoms. The lowest BCUT2D eigenvalue weighted by atomic mass is 9.76. The summed E-state index contributed by atoms with van der Waals surface area (Å²) in [6, 6.07) is 38.7. The van der Waals surface area contributed by atoms with E-state index in [9.17, 15) is 20.1 Å². The molecule has 0 aliphatic carbocycles. The molecular weight excluding hydrogens is 779 g/mol. The van der Waals surface area contributed by atoms with Gasteiger partial charge in [-0.15, -0.1) is 0 Å². The highest BCUT2D eigenvalue weighted by Gasteiger charge is 2.51. The summed E-state index contributed by atoms with van der Waals surface area (Å²) >= 11 is 0. The topological polar surface area (TPSA) is 154 Å². The molecule has 4 aromatic rings. The van der Waals surface area contributed by atoms with Crippen molar-refractivity contribution < 1.29 is 53.3 Å². The smallest absolute Gasteiger partial charge is 0.217 e. The average molecular weight is 840 g/mol. The first-order valence-corrected chi connectivity index (χ1v) is 21.6. The number of aliphatic hydroxyl groups excluding tert-OH is 3. The number of ether oxygens (including phenoxy) is 7. The summed E-state index contributed by atoms with van der Waals surface area (Å²) < 4.78 is 46.1. The number of amides is 1. The molecule has 0 radical (unpaired) electrons. The molecule has 7 rings (SSSR count). The lowest BCUT2D eigenvalue weighted by Crippen LogP contribution is -2.63. The Morgan fingerprint density at radius 1 is 0.623 bits per heavy atom. The molecule has 4 N–H and O–H groups in total. The van der Waals surface area contributed by atoms with E-state index < -0.39 is 85.7 Å². The molecule has 0 bridgehead atoms. The van der Waals surface area contributed by atoms with Crippen LogP contribution in [0, 0.1) is 11.8 Å². The first-order valence-electron chi connectivity index (χ1n) is 21.6. The molecular formula is C49H61NO11. The number of hydrogen-bond donors (Lipinski definition) is 4. The monoisotopic (exact) mass is 839 g/mol. The number of aliphatic hydroxyl groups is 3. The highest BCUT2D eigenvalue weighted by Crippen LogP contribution is 2.40. The summed E-state index contributed by atoms with van der Waals surface area (Å²) in [4.78, 5) is 12.7. The van der Waals surface area contributed by atoms with Gasteiger partial charge in [-0.1, -0.05) is 121 Å². The highest BCUT2D eigenvalue weighted by molar-refractivity contribution is 5.73. The van der Waals surface area contributed by atoms with Crippen LogP contribution >= 0.6 is 0 Å². The van der Waals surface area contributed by atoms with Gasteiger partial charge in [0.25, 0.3) is 0 Å². The molecule has 3 heterocycles. The first kappa shape index (κ1) is 45.0. The van der Waals surface area contributed by atoms with E-state index in [1.54, 1.807) is 0 Å². The van der Waals surface area contributed by atoms with Crippen LogP contribution in [-0.2, 0) is 64.4 Å². The Kier molecular flexibility index (Phi) is 16.5. The fourth-order valence-corrected chi connectivity index (χ4v) is 8.99. The third kappa shape index (κ3) is 12.1. The van der Waals surface area contributed by atoms with Gasteiger partial charge in [0.1, 0.15) is 24.4 Å². The van der Waals surface area contributed by atoms with Gasteiger partial charge in [-0.05, 0) is 48.4 Å². The standard InChI is InChI=1S/C49H61NO11/c1-32-46(56-28-34-15-7-3-8-16-34)48(58-30-36-19-11-5-12-20-36)47(57-29-35-17-9-4-10-18-35)42(60-32)25-38-40(53)23-24-55-41(38)26-39-44(50-33(2)52)49(61-43(27-51)45(39)54)59-31-37-21-13-6-14-22-37/h3-22,32,38-49,51,53-54H,23-31H2,1-2H3,(H,50,52)/t32-,38-,39+,40-,41+,42-,43+,44+,45-,46+,47+,48+,49-/m0/s1. The van der Waals surface area contributed by atoms with Crippen molar-refractivity contribution in [2.75, 3.05) is 13.2 Å². The maximum atomic E-state index is 12.7. The molecule has 3 saturated heterocycles. The van der Waals surface area contributed by atoms with Crippen LogP contribution < -0.4 is 5.32 Å².